The highest BCUT2D eigenvalue weighted by Gasteiger charge is 2.40. The molecule has 330 valence electrons. The second-order valence-corrected chi connectivity index (χ2v) is 16.5. The van der Waals surface area contributed by atoms with Crippen molar-refractivity contribution in [2.75, 3.05) is 74.9 Å². The molecule has 4 aliphatic rings. The van der Waals surface area contributed by atoms with Crippen molar-refractivity contribution >= 4 is 74.9 Å². The number of nitrogens with zero attached hydrogens (tertiary/aromatic N) is 6. The fraction of sp³-hybridized carbons (Fsp3) is 0.400. The summed E-state index contributed by atoms with van der Waals surface area (Å²) in [6, 6.07) is 13.0. The van der Waals surface area contributed by atoms with Gasteiger partial charge in [-0.2, -0.15) is 0 Å². The van der Waals surface area contributed by atoms with Crippen LogP contribution in [0.5, 0.6) is 5.75 Å². The van der Waals surface area contributed by atoms with Crippen LogP contribution in [0.25, 0.3) is 10.9 Å². The van der Waals surface area contributed by atoms with Crippen LogP contribution in [-0.2, 0) is 25.7 Å². The maximum absolute atomic E-state index is 13.7. The number of imide groups is 1. The van der Waals surface area contributed by atoms with Crippen LogP contribution < -0.4 is 26.0 Å². The number of nitrogens with one attached hydrogen (secondary N) is 4. The van der Waals surface area contributed by atoms with Gasteiger partial charge in [0, 0.05) is 98.7 Å². The highest BCUT2D eigenvalue weighted by atomic mass is 35.5. The molecule has 0 aliphatic carbocycles. The minimum absolute atomic E-state index is 0.0252. The number of halogens is 2. The quantitative estimate of drug-likeness (QED) is 0.0720. The summed E-state index contributed by atoms with van der Waals surface area (Å²) in [4.78, 5) is 80.1. The lowest BCUT2D eigenvalue weighted by Crippen LogP contribution is -2.54. The number of aromatic nitrogens is 2. The molecule has 3 aromatic carbocycles. The predicted octanol–water partition coefficient (Wildman–Crippen LogP) is 4.93. The van der Waals surface area contributed by atoms with Crippen LogP contribution in [0.4, 0.5) is 27.3 Å². The fourth-order valence-corrected chi connectivity index (χ4v) is 9.00. The molecule has 0 saturated carbocycles. The predicted molar refractivity (Wildman–Crippen MR) is 236 cm³/mol. The Kier molecular flexibility index (Phi) is 13.4. The Balaban J connectivity index is 0.758. The SMILES string of the molecule is C=CC(=O)Nc1cc2c(Nc3ccc(F)c(Cl)c3)ncnc2cc1OCCCN1CCC(N2CCN(C(=O)CCNc3cccc4c3CN(C3CCC(=O)NC3=O)C4=O)CC2)CC1. The molecule has 5 amide bonds. The maximum atomic E-state index is 13.7. The van der Waals surface area contributed by atoms with Gasteiger partial charge in [-0.25, -0.2) is 14.4 Å². The van der Waals surface area contributed by atoms with E-state index >= 15 is 0 Å². The number of anilines is 4. The molecule has 0 bridgehead atoms. The van der Waals surface area contributed by atoms with Crippen LogP contribution in [-0.4, -0.2) is 130 Å². The lowest BCUT2D eigenvalue weighted by atomic mass is 10.0. The molecule has 1 atom stereocenters. The number of likely N-dealkylation sites (tertiary alicyclic amines) is 1. The van der Waals surface area contributed by atoms with Gasteiger partial charge in [0.1, 0.15) is 29.8 Å². The average molecular weight is 881 g/mol. The highest BCUT2D eigenvalue weighted by Crippen LogP contribution is 2.35. The molecule has 0 radical (unpaired) electrons. The second-order valence-electron chi connectivity index (χ2n) is 16.1. The number of fused-ring (bicyclic) bond motifs is 2. The standard InChI is InChI=1S/C45H50ClFN10O6/c1-2-40(58)52-37-24-31-36(49-27-50-43(31)51-28-7-8-34(47)33(46)23-28)25-39(37)63-22-4-15-54-16-12-29(13-17-54)55-18-20-56(21-19-55)42(60)11-14-48-35-6-3-5-30-32(35)26-57(45(30)62)38-9-10-41(59)53-44(38)61/h2-3,5-8,23-25,27,29,38,48H,1,4,9-22,26H2,(H,52,58)(H,49,50,51)(H,53,59,61). The number of benzene rings is 3. The van der Waals surface area contributed by atoms with E-state index in [4.69, 9.17) is 16.3 Å². The van der Waals surface area contributed by atoms with E-state index < -0.39 is 23.7 Å². The third-order valence-corrected chi connectivity index (χ3v) is 12.5. The molecule has 18 heteroatoms. The molecular formula is C45H50ClFN10O6. The third kappa shape index (κ3) is 10.1. The summed E-state index contributed by atoms with van der Waals surface area (Å²) in [5.74, 6) is -0.901. The van der Waals surface area contributed by atoms with E-state index in [2.05, 4.69) is 47.6 Å². The largest absolute Gasteiger partial charge is 0.491 e. The minimum atomic E-state index is -0.678. The van der Waals surface area contributed by atoms with Gasteiger partial charge in [0.15, 0.2) is 0 Å². The zero-order valence-electron chi connectivity index (χ0n) is 34.8. The number of amides is 5. The number of rotatable bonds is 15. The van der Waals surface area contributed by atoms with Gasteiger partial charge in [0.2, 0.25) is 23.6 Å². The summed E-state index contributed by atoms with van der Waals surface area (Å²) in [6.45, 7) is 10.5. The lowest BCUT2D eigenvalue weighted by molar-refractivity contribution is -0.137. The Hall–Kier alpha value is -6.17. The van der Waals surface area contributed by atoms with E-state index in [-0.39, 0.29) is 35.7 Å². The van der Waals surface area contributed by atoms with Crippen molar-refractivity contribution in [2.45, 2.75) is 57.2 Å². The van der Waals surface area contributed by atoms with Crippen molar-refractivity contribution in [2.24, 2.45) is 0 Å². The van der Waals surface area contributed by atoms with Gasteiger partial charge in [0.25, 0.3) is 5.91 Å². The number of hydrogen-bond acceptors (Lipinski definition) is 12. The number of piperazine rings is 1. The zero-order chi connectivity index (χ0) is 44.0. The molecule has 3 saturated heterocycles. The molecule has 8 rings (SSSR count). The van der Waals surface area contributed by atoms with Gasteiger partial charge in [-0.15, -0.1) is 0 Å². The van der Waals surface area contributed by atoms with Crippen LogP contribution in [0, 0.1) is 5.82 Å². The third-order valence-electron chi connectivity index (χ3n) is 12.2. The van der Waals surface area contributed by atoms with Crippen molar-refractivity contribution in [3.63, 3.8) is 0 Å². The van der Waals surface area contributed by atoms with Crippen LogP contribution in [0.1, 0.15) is 54.4 Å². The van der Waals surface area contributed by atoms with E-state index in [1.165, 1.54) is 29.4 Å². The van der Waals surface area contributed by atoms with Gasteiger partial charge in [-0.05, 0) is 81.2 Å². The van der Waals surface area contributed by atoms with E-state index in [0.717, 1.165) is 63.2 Å². The van der Waals surface area contributed by atoms with Gasteiger partial charge in [-0.1, -0.05) is 24.2 Å². The molecule has 63 heavy (non-hydrogen) atoms. The van der Waals surface area contributed by atoms with E-state index in [1.807, 2.05) is 11.0 Å². The smallest absolute Gasteiger partial charge is 0.255 e. The van der Waals surface area contributed by atoms with Crippen molar-refractivity contribution in [3.8, 4) is 5.75 Å². The average Bonchev–Trinajstić information content (AvgIpc) is 3.62. The molecule has 3 fully saturated rings. The monoisotopic (exact) mass is 880 g/mol. The molecule has 5 heterocycles. The number of carbonyl (C=O) groups excluding carboxylic acids is 5. The first-order valence-electron chi connectivity index (χ1n) is 21.4. The number of hydrogen-bond donors (Lipinski definition) is 4. The topological polar surface area (TPSA) is 181 Å². The van der Waals surface area contributed by atoms with Crippen LogP contribution in [0.2, 0.25) is 5.02 Å². The minimum Gasteiger partial charge on any atom is -0.491 e. The number of piperidine rings is 2. The molecule has 4 aliphatic heterocycles. The van der Waals surface area contributed by atoms with E-state index in [1.54, 1.807) is 30.3 Å². The normalized spacial score (nSPS) is 18.6. The molecule has 16 nitrogen and oxygen atoms in total. The van der Waals surface area contributed by atoms with Gasteiger partial charge >= 0.3 is 0 Å². The van der Waals surface area contributed by atoms with Crippen LogP contribution in [0.3, 0.4) is 0 Å². The van der Waals surface area contributed by atoms with Gasteiger partial charge < -0.3 is 35.4 Å². The zero-order valence-corrected chi connectivity index (χ0v) is 35.6. The molecule has 0 spiro atoms. The first-order valence-corrected chi connectivity index (χ1v) is 21.7. The Morgan fingerprint density at radius 3 is 2.56 bits per heavy atom. The molecule has 4 aromatic rings. The Morgan fingerprint density at radius 2 is 1.79 bits per heavy atom. The highest BCUT2D eigenvalue weighted by molar-refractivity contribution is 6.31. The number of ether oxygens (including phenoxy) is 1. The first-order chi connectivity index (χ1) is 30.5. The number of carbonyl (C=O) groups is 5. The lowest BCUT2D eigenvalue weighted by Gasteiger charge is -2.42. The Bertz CT molecular complexity index is 2420. The summed E-state index contributed by atoms with van der Waals surface area (Å²) in [6.07, 6.45) is 6.30. The van der Waals surface area contributed by atoms with Gasteiger partial charge in [0.05, 0.1) is 22.8 Å². The summed E-state index contributed by atoms with van der Waals surface area (Å²) in [7, 11) is 0. The Morgan fingerprint density at radius 1 is 0.984 bits per heavy atom. The van der Waals surface area contributed by atoms with E-state index in [9.17, 15) is 28.4 Å². The van der Waals surface area contributed by atoms with Crippen molar-refractivity contribution < 1.29 is 33.1 Å². The molecule has 1 aromatic heterocycles. The van der Waals surface area contributed by atoms with Crippen molar-refractivity contribution in [1.82, 2.24) is 34.9 Å². The van der Waals surface area contributed by atoms with Gasteiger partial charge in [-0.3, -0.25) is 34.2 Å². The Labute approximate surface area is 369 Å². The van der Waals surface area contributed by atoms with E-state index in [0.29, 0.717) is 84.5 Å². The molecule has 4 N–H and O–H groups in total. The van der Waals surface area contributed by atoms with Crippen molar-refractivity contribution in [1.29, 1.82) is 0 Å². The van der Waals surface area contributed by atoms with Crippen LogP contribution in [0.15, 0.2) is 67.5 Å². The summed E-state index contributed by atoms with van der Waals surface area (Å²) in [5, 5.41) is 12.3. The fourth-order valence-electron chi connectivity index (χ4n) is 8.82. The second kappa shape index (κ2) is 19.5. The first kappa shape index (κ1) is 43.5. The maximum Gasteiger partial charge on any atom is 0.255 e. The van der Waals surface area contributed by atoms with Crippen LogP contribution >= 0.6 is 11.6 Å². The summed E-state index contributed by atoms with van der Waals surface area (Å²) in [5.41, 5.74) is 3.68. The van der Waals surface area contributed by atoms with Crippen molar-refractivity contribution in [3.05, 3.63) is 89.5 Å². The molecular weight excluding hydrogens is 831 g/mol. The summed E-state index contributed by atoms with van der Waals surface area (Å²) < 4.78 is 20.0. The molecule has 1 unspecified atom stereocenters. The summed E-state index contributed by atoms with van der Waals surface area (Å²) >= 11 is 5.98.